The number of carbonyl (C=O) groups is 1. The number of urea groups is 1. The third-order valence-corrected chi connectivity index (χ3v) is 4.46. The van der Waals surface area contributed by atoms with Crippen molar-refractivity contribution in [3.05, 3.63) is 35.1 Å². The Bertz CT molecular complexity index is 527. The summed E-state index contributed by atoms with van der Waals surface area (Å²) >= 11 is 0. The fraction of sp³-hybridized carbons (Fsp3) is 0.611. The summed E-state index contributed by atoms with van der Waals surface area (Å²) in [6.07, 6.45) is 3.17. The Morgan fingerprint density at radius 3 is 2.70 bits per heavy atom. The second kappa shape index (κ2) is 8.29. The highest BCUT2D eigenvalue weighted by atomic mass is 19.1. The second-order valence-corrected chi connectivity index (χ2v) is 6.51. The molecule has 128 valence electrons. The number of piperidine rings is 1. The van der Waals surface area contributed by atoms with Crippen LogP contribution in [0, 0.1) is 12.7 Å². The molecule has 23 heavy (non-hydrogen) atoms. The van der Waals surface area contributed by atoms with E-state index >= 15 is 0 Å². The quantitative estimate of drug-likeness (QED) is 0.904. The number of likely N-dealkylation sites (tertiary alicyclic amines) is 1. The van der Waals surface area contributed by atoms with E-state index in [4.69, 9.17) is 0 Å². The van der Waals surface area contributed by atoms with Crippen molar-refractivity contribution in [2.45, 2.75) is 45.7 Å². The molecule has 1 aliphatic heterocycles. The molecule has 2 amide bonds. The molecule has 0 saturated carbocycles. The van der Waals surface area contributed by atoms with Crippen LogP contribution in [-0.2, 0) is 6.54 Å². The first kappa shape index (κ1) is 17.7. The SMILES string of the molecule is CCCN1CCC(NC(=O)N(C)Cc2ccc(C)c(F)c2)CC1. The summed E-state index contributed by atoms with van der Waals surface area (Å²) in [4.78, 5) is 16.3. The number of nitrogens with zero attached hydrogens (tertiary/aromatic N) is 2. The Hall–Kier alpha value is -1.62. The third-order valence-electron chi connectivity index (χ3n) is 4.46. The van der Waals surface area contributed by atoms with Crippen LogP contribution >= 0.6 is 0 Å². The molecule has 0 bridgehead atoms. The Morgan fingerprint density at radius 2 is 2.09 bits per heavy atom. The molecular formula is C18H28FN3O. The van der Waals surface area contributed by atoms with E-state index in [0.717, 1.165) is 38.0 Å². The molecule has 1 aliphatic rings. The summed E-state index contributed by atoms with van der Waals surface area (Å²) in [6.45, 7) is 7.58. The maximum Gasteiger partial charge on any atom is 0.317 e. The summed E-state index contributed by atoms with van der Waals surface area (Å²) in [7, 11) is 1.75. The molecule has 0 spiro atoms. The van der Waals surface area contributed by atoms with Gasteiger partial charge in [0.05, 0.1) is 0 Å². The van der Waals surface area contributed by atoms with Gasteiger partial charge in [-0.25, -0.2) is 9.18 Å². The zero-order valence-electron chi connectivity index (χ0n) is 14.4. The zero-order valence-corrected chi connectivity index (χ0v) is 14.4. The van der Waals surface area contributed by atoms with Gasteiger partial charge in [-0.1, -0.05) is 19.1 Å². The molecule has 1 heterocycles. The highest BCUT2D eigenvalue weighted by Crippen LogP contribution is 2.13. The van der Waals surface area contributed by atoms with Gasteiger partial charge < -0.3 is 15.1 Å². The molecule has 0 radical (unpaired) electrons. The summed E-state index contributed by atoms with van der Waals surface area (Å²) < 4.78 is 13.6. The number of rotatable bonds is 5. The summed E-state index contributed by atoms with van der Waals surface area (Å²) in [5.74, 6) is -0.223. The Labute approximate surface area is 138 Å². The number of hydrogen-bond acceptors (Lipinski definition) is 2. The molecule has 1 fully saturated rings. The van der Waals surface area contributed by atoms with Crippen LogP contribution in [0.25, 0.3) is 0 Å². The van der Waals surface area contributed by atoms with Gasteiger partial charge in [0.2, 0.25) is 0 Å². The van der Waals surface area contributed by atoms with Crippen LogP contribution in [0.1, 0.15) is 37.3 Å². The van der Waals surface area contributed by atoms with Crippen molar-refractivity contribution in [3.8, 4) is 0 Å². The van der Waals surface area contributed by atoms with Crippen molar-refractivity contribution in [3.63, 3.8) is 0 Å². The number of carbonyl (C=O) groups excluding carboxylic acids is 1. The van der Waals surface area contributed by atoms with Crippen molar-refractivity contribution in [2.24, 2.45) is 0 Å². The average Bonchev–Trinajstić information content (AvgIpc) is 2.53. The third kappa shape index (κ3) is 5.20. The highest BCUT2D eigenvalue weighted by molar-refractivity contribution is 5.74. The minimum Gasteiger partial charge on any atom is -0.335 e. The van der Waals surface area contributed by atoms with Crippen molar-refractivity contribution >= 4 is 6.03 Å². The van der Waals surface area contributed by atoms with Crippen LogP contribution < -0.4 is 5.32 Å². The van der Waals surface area contributed by atoms with Crippen LogP contribution in [0.2, 0.25) is 0 Å². The van der Waals surface area contributed by atoms with Crippen LogP contribution in [0.15, 0.2) is 18.2 Å². The molecule has 2 rings (SSSR count). The van der Waals surface area contributed by atoms with E-state index in [0.29, 0.717) is 12.1 Å². The predicted molar refractivity (Wildman–Crippen MR) is 90.9 cm³/mol. The van der Waals surface area contributed by atoms with Crippen molar-refractivity contribution in [1.29, 1.82) is 0 Å². The maximum absolute atomic E-state index is 13.6. The van der Waals surface area contributed by atoms with Gasteiger partial charge in [-0.15, -0.1) is 0 Å². The van der Waals surface area contributed by atoms with E-state index in [1.807, 2.05) is 6.07 Å². The molecule has 1 saturated heterocycles. The number of aryl methyl sites for hydroxylation is 1. The summed E-state index contributed by atoms with van der Waals surface area (Å²) in [5, 5.41) is 3.09. The van der Waals surface area contributed by atoms with Crippen molar-refractivity contribution < 1.29 is 9.18 Å². The van der Waals surface area contributed by atoms with Gasteiger partial charge in [0.15, 0.2) is 0 Å². The van der Waals surface area contributed by atoms with Gasteiger partial charge >= 0.3 is 6.03 Å². The lowest BCUT2D eigenvalue weighted by atomic mass is 10.1. The molecular weight excluding hydrogens is 293 g/mol. The minimum absolute atomic E-state index is 0.0834. The molecule has 5 heteroatoms. The lowest BCUT2D eigenvalue weighted by molar-refractivity contribution is 0.177. The molecule has 1 N–H and O–H groups in total. The predicted octanol–water partition coefficient (Wildman–Crippen LogP) is 3.15. The van der Waals surface area contributed by atoms with Gasteiger partial charge in [-0.2, -0.15) is 0 Å². The van der Waals surface area contributed by atoms with E-state index in [-0.39, 0.29) is 17.9 Å². The largest absolute Gasteiger partial charge is 0.335 e. The molecule has 0 atom stereocenters. The van der Waals surface area contributed by atoms with E-state index in [1.54, 1.807) is 24.9 Å². The number of nitrogens with one attached hydrogen (secondary N) is 1. The maximum atomic E-state index is 13.6. The standard InChI is InChI=1S/C18H28FN3O/c1-4-9-22-10-7-16(8-11-22)20-18(23)21(3)13-15-6-5-14(2)17(19)12-15/h5-6,12,16H,4,7-11,13H2,1-3H3,(H,20,23). The first-order chi connectivity index (χ1) is 11.0. The molecule has 0 unspecified atom stereocenters. The average molecular weight is 321 g/mol. The van der Waals surface area contributed by atoms with Crippen molar-refractivity contribution in [2.75, 3.05) is 26.7 Å². The van der Waals surface area contributed by atoms with Gasteiger partial charge in [-0.3, -0.25) is 0 Å². The van der Waals surface area contributed by atoms with Gasteiger partial charge in [-0.05, 0) is 49.9 Å². The van der Waals surface area contributed by atoms with E-state index in [9.17, 15) is 9.18 Å². The number of halogens is 1. The Kier molecular flexibility index (Phi) is 6.39. The number of hydrogen-bond donors (Lipinski definition) is 1. The Morgan fingerprint density at radius 1 is 1.39 bits per heavy atom. The van der Waals surface area contributed by atoms with E-state index < -0.39 is 0 Å². The lowest BCUT2D eigenvalue weighted by Crippen LogP contribution is -2.48. The van der Waals surface area contributed by atoms with Crippen molar-refractivity contribution in [1.82, 2.24) is 15.1 Å². The van der Waals surface area contributed by atoms with Gasteiger partial charge in [0.25, 0.3) is 0 Å². The zero-order chi connectivity index (χ0) is 16.8. The normalized spacial score (nSPS) is 16.3. The first-order valence-electron chi connectivity index (χ1n) is 8.48. The van der Waals surface area contributed by atoms with Crippen LogP contribution in [-0.4, -0.2) is 48.6 Å². The Balaban J connectivity index is 1.80. The molecule has 0 aromatic heterocycles. The van der Waals surface area contributed by atoms with Gasteiger partial charge in [0, 0.05) is 32.7 Å². The molecule has 4 nitrogen and oxygen atoms in total. The number of benzene rings is 1. The monoisotopic (exact) mass is 321 g/mol. The summed E-state index contributed by atoms with van der Waals surface area (Å²) in [5.41, 5.74) is 1.43. The van der Waals surface area contributed by atoms with Crippen LogP contribution in [0.4, 0.5) is 9.18 Å². The topological polar surface area (TPSA) is 35.6 Å². The fourth-order valence-corrected chi connectivity index (χ4v) is 2.98. The second-order valence-electron chi connectivity index (χ2n) is 6.51. The smallest absolute Gasteiger partial charge is 0.317 e. The minimum atomic E-state index is -0.223. The first-order valence-corrected chi connectivity index (χ1v) is 8.48. The lowest BCUT2D eigenvalue weighted by Gasteiger charge is -2.33. The number of amides is 2. The molecule has 1 aromatic carbocycles. The van der Waals surface area contributed by atoms with Crippen LogP contribution in [0.3, 0.4) is 0 Å². The van der Waals surface area contributed by atoms with E-state index in [2.05, 4.69) is 17.1 Å². The summed E-state index contributed by atoms with van der Waals surface area (Å²) in [6, 6.07) is 5.28. The highest BCUT2D eigenvalue weighted by Gasteiger charge is 2.21. The van der Waals surface area contributed by atoms with Crippen LogP contribution in [0.5, 0.6) is 0 Å². The van der Waals surface area contributed by atoms with E-state index in [1.165, 1.54) is 12.5 Å². The molecule has 0 aliphatic carbocycles. The fourth-order valence-electron chi connectivity index (χ4n) is 2.98. The van der Waals surface area contributed by atoms with Gasteiger partial charge in [0.1, 0.15) is 5.82 Å². The molecule has 1 aromatic rings.